The highest BCUT2D eigenvalue weighted by Gasteiger charge is 2.07. The van der Waals surface area contributed by atoms with Crippen LogP contribution in [0.4, 0.5) is 0 Å². The molecule has 3 nitrogen and oxygen atoms in total. The zero-order chi connectivity index (χ0) is 11.4. The lowest BCUT2D eigenvalue weighted by Gasteiger charge is -2.00. The maximum Gasteiger partial charge on any atom is 0.342 e. The van der Waals surface area contributed by atoms with Crippen LogP contribution in [-0.2, 0) is 0 Å². The number of rotatable bonds is 0. The van der Waals surface area contributed by atoms with Crippen LogP contribution < -0.4 is 5.63 Å². The second-order valence-electron chi connectivity index (χ2n) is 2.86. The van der Waals surface area contributed by atoms with E-state index in [0.717, 1.165) is 0 Å². The molecule has 0 amide bonds. The molecule has 1 N–H and O–H groups in total. The average Bonchev–Trinajstić information content (AvgIpc) is 2.29. The third-order valence-electron chi connectivity index (χ3n) is 2.01. The van der Waals surface area contributed by atoms with Gasteiger partial charge in [0.25, 0.3) is 0 Å². The Morgan fingerprint density at radius 1 is 1.20 bits per heavy atom. The minimum atomic E-state index is -0.490. The van der Waals surface area contributed by atoms with E-state index < -0.39 is 5.63 Å². The molecule has 80 valence electrons. The summed E-state index contributed by atoms with van der Waals surface area (Å²) >= 11 is 0. The molecule has 0 unspecified atom stereocenters. The summed E-state index contributed by atoms with van der Waals surface area (Å²) in [5.41, 5.74) is 0.172. The first-order valence-corrected chi connectivity index (χ1v) is 4.91. The molecule has 0 radical (unpaired) electrons. The zero-order valence-electron chi connectivity index (χ0n) is 9.07. The van der Waals surface area contributed by atoms with Crippen LogP contribution >= 0.6 is 0 Å². The van der Waals surface area contributed by atoms with Gasteiger partial charge in [-0.1, -0.05) is 26.0 Å². The molecular formula is C12H14O3. The zero-order valence-corrected chi connectivity index (χ0v) is 9.07. The van der Waals surface area contributed by atoms with Crippen molar-refractivity contribution in [3.63, 3.8) is 0 Å². The number of para-hydroxylation sites is 1. The SMILES string of the molecule is CC.Cc1c(O)c2ccccc2oc1=O. The normalized spacial score (nSPS) is 9.53. The number of hydrogen-bond acceptors (Lipinski definition) is 3. The molecule has 0 saturated heterocycles. The molecule has 3 heteroatoms. The van der Waals surface area contributed by atoms with Crippen molar-refractivity contribution in [1.29, 1.82) is 0 Å². The summed E-state index contributed by atoms with van der Waals surface area (Å²) in [5.74, 6) is 0.00634. The molecule has 2 rings (SSSR count). The van der Waals surface area contributed by atoms with Gasteiger partial charge in [-0.3, -0.25) is 0 Å². The van der Waals surface area contributed by atoms with Crippen LogP contribution in [0.2, 0.25) is 0 Å². The second-order valence-corrected chi connectivity index (χ2v) is 2.86. The molecule has 0 spiro atoms. The molecule has 15 heavy (non-hydrogen) atoms. The van der Waals surface area contributed by atoms with Gasteiger partial charge in [0.05, 0.1) is 10.9 Å². The first kappa shape index (κ1) is 11.3. The molecule has 0 aliphatic carbocycles. The van der Waals surface area contributed by atoms with Crippen LogP contribution in [0.15, 0.2) is 33.5 Å². The second kappa shape index (κ2) is 4.64. The molecule has 1 aromatic carbocycles. The van der Waals surface area contributed by atoms with Gasteiger partial charge < -0.3 is 9.52 Å². The minimum absolute atomic E-state index is 0.00634. The molecule has 1 aromatic heterocycles. The van der Waals surface area contributed by atoms with E-state index in [1.807, 2.05) is 13.8 Å². The van der Waals surface area contributed by atoms with E-state index in [4.69, 9.17) is 4.42 Å². The van der Waals surface area contributed by atoms with Gasteiger partial charge >= 0.3 is 5.63 Å². The van der Waals surface area contributed by atoms with Crippen molar-refractivity contribution < 1.29 is 9.52 Å². The van der Waals surface area contributed by atoms with Gasteiger partial charge in [0.1, 0.15) is 11.3 Å². The van der Waals surface area contributed by atoms with Crippen molar-refractivity contribution in [2.24, 2.45) is 0 Å². The highest BCUT2D eigenvalue weighted by Crippen LogP contribution is 2.24. The predicted molar refractivity (Wildman–Crippen MR) is 60.2 cm³/mol. The molecule has 1 heterocycles. The van der Waals surface area contributed by atoms with Gasteiger partial charge in [-0.25, -0.2) is 4.79 Å². The number of aromatic hydroxyl groups is 1. The summed E-state index contributed by atoms with van der Waals surface area (Å²) in [5, 5.41) is 10.1. The predicted octanol–water partition coefficient (Wildman–Crippen LogP) is 2.83. The van der Waals surface area contributed by atoms with Gasteiger partial charge in [-0.05, 0) is 19.1 Å². The van der Waals surface area contributed by atoms with Crippen LogP contribution in [0.5, 0.6) is 5.75 Å². The quantitative estimate of drug-likeness (QED) is 0.674. The molecule has 0 aliphatic rings. The third kappa shape index (κ3) is 2.01. The summed E-state index contributed by atoms with van der Waals surface area (Å²) in [6, 6.07) is 6.89. The molecule has 0 fully saturated rings. The van der Waals surface area contributed by atoms with Crippen molar-refractivity contribution >= 4 is 11.0 Å². The molecule has 0 aliphatic heterocycles. The Kier molecular flexibility index (Phi) is 3.50. The monoisotopic (exact) mass is 206 g/mol. The van der Waals surface area contributed by atoms with Crippen LogP contribution in [-0.4, -0.2) is 5.11 Å². The van der Waals surface area contributed by atoms with Gasteiger partial charge in [-0.15, -0.1) is 0 Å². The van der Waals surface area contributed by atoms with Gasteiger partial charge in [-0.2, -0.15) is 0 Å². The summed E-state index contributed by atoms with van der Waals surface area (Å²) in [6.07, 6.45) is 0. The fourth-order valence-corrected chi connectivity index (χ4v) is 1.23. The highest BCUT2D eigenvalue weighted by molar-refractivity contribution is 5.83. The summed E-state index contributed by atoms with van der Waals surface area (Å²) in [6.45, 7) is 5.54. The maximum atomic E-state index is 11.1. The molecule has 2 aromatic rings. The number of hydrogen-bond donors (Lipinski definition) is 1. The maximum absolute atomic E-state index is 11.1. The largest absolute Gasteiger partial charge is 0.507 e. The van der Waals surface area contributed by atoms with E-state index in [0.29, 0.717) is 11.0 Å². The Labute approximate surface area is 88.0 Å². The van der Waals surface area contributed by atoms with E-state index in [9.17, 15) is 9.90 Å². The Morgan fingerprint density at radius 3 is 2.47 bits per heavy atom. The lowest BCUT2D eigenvalue weighted by Crippen LogP contribution is -2.02. The topological polar surface area (TPSA) is 50.4 Å². The van der Waals surface area contributed by atoms with Crippen molar-refractivity contribution in [2.75, 3.05) is 0 Å². The minimum Gasteiger partial charge on any atom is -0.507 e. The van der Waals surface area contributed by atoms with E-state index >= 15 is 0 Å². The van der Waals surface area contributed by atoms with Crippen molar-refractivity contribution in [2.45, 2.75) is 20.8 Å². The summed E-state index contributed by atoms with van der Waals surface area (Å²) in [7, 11) is 0. The van der Waals surface area contributed by atoms with E-state index in [1.165, 1.54) is 6.92 Å². The first-order valence-electron chi connectivity index (χ1n) is 4.91. The molecule has 0 atom stereocenters. The highest BCUT2D eigenvalue weighted by atomic mass is 16.4. The lowest BCUT2D eigenvalue weighted by molar-refractivity contribution is 0.461. The van der Waals surface area contributed by atoms with Crippen molar-refractivity contribution in [1.82, 2.24) is 0 Å². The Hall–Kier alpha value is -1.77. The molecule has 0 saturated carbocycles. The summed E-state index contributed by atoms with van der Waals surface area (Å²) in [4.78, 5) is 11.1. The summed E-state index contributed by atoms with van der Waals surface area (Å²) < 4.78 is 4.96. The van der Waals surface area contributed by atoms with E-state index in [1.54, 1.807) is 24.3 Å². The fourth-order valence-electron chi connectivity index (χ4n) is 1.23. The van der Waals surface area contributed by atoms with Gasteiger partial charge in [0.15, 0.2) is 0 Å². The standard InChI is InChI=1S/C10H8O3.C2H6/c1-6-9(11)7-4-2-3-5-8(7)13-10(6)12;1-2/h2-5,11H,1H3;1-2H3. The van der Waals surface area contributed by atoms with Crippen LogP contribution in [0.25, 0.3) is 11.0 Å². The van der Waals surface area contributed by atoms with Crippen LogP contribution in [0.1, 0.15) is 19.4 Å². The Bertz CT molecular complexity index is 512. The molecule has 0 bridgehead atoms. The van der Waals surface area contributed by atoms with Crippen LogP contribution in [0.3, 0.4) is 0 Å². The van der Waals surface area contributed by atoms with Gasteiger partial charge in [0.2, 0.25) is 0 Å². The first-order chi connectivity index (χ1) is 7.20. The van der Waals surface area contributed by atoms with Gasteiger partial charge in [0, 0.05) is 0 Å². The number of fused-ring (bicyclic) bond motifs is 1. The van der Waals surface area contributed by atoms with E-state index in [2.05, 4.69) is 0 Å². The van der Waals surface area contributed by atoms with Crippen molar-refractivity contribution in [3.8, 4) is 5.75 Å². The third-order valence-corrected chi connectivity index (χ3v) is 2.01. The number of benzene rings is 1. The van der Waals surface area contributed by atoms with Crippen LogP contribution in [0, 0.1) is 6.92 Å². The molecular weight excluding hydrogens is 192 g/mol. The lowest BCUT2D eigenvalue weighted by atomic mass is 10.2. The van der Waals surface area contributed by atoms with E-state index in [-0.39, 0.29) is 11.3 Å². The Morgan fingerprint density at radius 2 is 1.80 bits per heavy atom. The smallest absolute Gasteiger partial charge is 0.342 e. The average molecular weight is 206 g/mol. The van der Waals surface area contributed by atoms with Crippen molar-refractivity contribution in [3.05, 3.63) is 40.2 Å². The fraction of sp³-hybridized carbons (Fsp3) is 0.250. The Balaban J connectivity index is 0.000000531.